The highest BCUT2D eigenvalue weighted by molar-refractivity contribution is 6.21. The van der Waals surface area contributed by atoms with Crippen LogP contribution in [-0.2, 0) is 4.74 Å². The van der Waals surface area contributed by atoms with Gasteiger partial charge in [0.1, 0.15) is 0 Å². The van der Waals surface area contributed by atoms with Crippen molar-refractivity contribution in [2.75, 3.05) is 25.6 Å². The minimum absolute atomic E-state index is 0.254. The van der Waals surface area contributed by atoms with E-state index in [0.29, 0.717) is 36.4 Å². The summed E-state index contributed by atoms with van der Waals surface area (Å²) in [5, 5.41) is 5.50. The van der Waals surface area contributed by atoms with Crippen molar-refractivity contribution in [3.05, 3.63) is 29.3 Å². The van der Waals surface area contributed by atoms with Crippen molar-refractivity contribution >= 4 is 23.5 Å². The summed E-state index contributed by atoms with van der Waals surface area (Å²) >= 11 is 0. The molecule has 0 radical (unpaired) electrons. The van der Waals surface area contributed by atoms with E-state index in [1.165, 1.54) is 4.90 Å². The number of carbonyl (C=O) groups excluding carboxylic acids is 3. The normalized spacial score (nSPS) is 16.5. The van der Waals surface area contributed by atoms with Crippen molar-refractivity contribution < 1.29 is 19.1 Å². The first kappa shape index (κ1) is 15.5. The first-order valence-corrected chi connectivity index (χ1v) is 7.67. The third-order valence-corrected chi connectivity index (χ3v) is 3.87. The average Bonchev–Trinajstić information content (AvgIpc) is 3.30. The summed E-state index contributed by atoms with van der Waals surface area (Å²) in [5.74, 6) is -0.623. The third-order valence-electron chi connectivity index (χ3n) is 3.87. The van der Waals surface area contributed by atoms with Crippen molar-refractivity contribution in [3.63, 3.8) is 0 Å². The summed E-state index contributed by atoms with van der Waals surface area (Å²) in [6, 6.07) is 4.73. The molecule has 2 aliphatic rings. The molecular formula is C16H19N3O4. The Labute approximate surface area is 134 Å². The van der Waals surface area contributed by atoms with Gasteiger partial charge in [-0.2, -0.15) is 0 Å². The summed E-state index contributed by atoms with van der Waals surface area (Å²) < 4.78 is 4.95. The van der Waals surface area contributed by atoms with Crippen LogP contribution < -0.4 is 10.6 Å². The highest BCUT2D eigenvalue weighted by atomic mass is 16.5. The Hall–Kier alpha value is -2.41. The lowest BCUT2D eigenvalue weighted by Crippen LogP contribution is -2.31. The smallest absolute Gasteiger partial charge is 0.319 e. The van der Waals surface area contributed by atoms with Gasteiger partial charge < -0.3 is 15.4 Å². The van der Waals surface area contributed by atoms with Crippen molar-refractivity contribution in [1.82, 2.24) is 10.2 Å². The van der Waals surface area contributed by atoms with Gasteiger partial charge in [0, 0.05) is 32.0 Å². The lowest BCUT2D eigenvalue weighted by molar-refractivity contribution is 0.0638. The number of nitrogens with zero attached hydrogens (tertiary/aromatic N) is 1. The lowest BCUT2D eigenvalue weighted by Gasteiger charge is -2.12. The van der Waals surface area contributed by atoms with E-state index in [9.17, 15) is 14.4 Å². The number of imide groups is 1. The number of methoxy groups -OCH3 is 1. The second-order valence-corrected chi connectivity index (χ2v) is 5.74. The number of urea groups is 1. The fourth-order valence-electron chi connectivity index (χ4n) is 2.52. The van der Waals surface area contributed by atoms with Gasteiger partial charge in [0.2, 0.25) is 0 Å². The second kappa shape index (κ2) is 6.37. The molecular weight excluding hydrogens is 298 g/mol. The van der Waals surface area contributed by atoms with Crippen molar-refractivity contribution in [1.29, 1.82) is 0 Å². The summed E-state index contributed by atoms with van der Waals surface area (Å²) in [6.07, 6.45) is 2.60. The van der Waals surface area contributed by atoms with Crippen LogP contribution in [-0.4, -0.2) is 49.0 Å². The Morgan fingerprint density at radius 2 is 2.00 bits per heavy atom. The number of ether oxygens (including phenoxy) is 1. The van der Waals surface area contributed by atoms with Crippen LogP contribution in [0.2, 0.25) is 0 Å². The monoisotopic (exact) mass is 317 g/mol. The molecule has 0 bridgehead atoms. The van der Waals surface area contributed by atoms with Crippen LogP contribution >= 0.6 is 0 Å². The van der Waals surface area contributed by atoms with Gasteiger partial charge in [-0.3, -0.25) is 14.5 Å². The molecule has 3 rings (SSSR count). The van der Waals surface area contributed by atoms with E-state index in [4.69, 9.17) is 4.74 Å². The molecule has 1 aliphatic heterocycles. The van der Waals surface area contributed by atoms with Crippen LogP contribution in [0.1, 0.15) is 40.0 Å². The minimum Gasteiger partial charge on any atom is -0.385 e. The quantitative estimate of drug-likeness (QED) is 0.616. The predicted molar refractivity (Wildman–Crippen MR) is 83.5 cm³/mol. The first-order chi connectivity index (χ1) is 11.1. The van der Waals surface area contributed by atoms with E-state index in [2.05, 4.69) is 10.6 Å². The third kappa shape index (κ3) is 3.34. The molecule has 1 saturated carbocycles. The van der Waals surface area contributed by atoms with Gasteiger partial charge in [-0.25, -0.2) is 4.79 Å². The van der Waals surface area contributed by atoms with E-state index >= 15 is 0 Å². The van der Waals surface area contributed by atoms with E-state index < -0.39 is 0 Å². The molecule has 0 aromatic heterocycles. The highest BCUT2D eigenvalue weighted by Crippen LogP contribution is 2.26. The SMILES string of the molecule is COCCCN1C(=O)c2ccc(NC(=O)NC3CC3)cc2C1=O. The zero-order chi connectivity index (χ0) is 16.4. The highest BCUT2D eigenvalue weighted by Gasteiger charge is 2.35. The molecule has 1 aliphatic carbocycles. The molecule has 0 saturated heterocycles. The summed E-state index contributed by atoms with van der Waals surface area (Å²) in [4.78, 5) is 37.6. The molecule has 0 unspecified atom stereocenters. The average molecular weight is 317 g/mol. The van der Waals surface area contributed by atoms with Gasteiger partial charge in [-0.05, 0) is 37.5 Å². The summed E-state index contributed by atoms with van der Waals surface area (Å²) in [7, 11) is 1.58. The van der Waals surface area contributed by atoms with Crippen molar-refractivity contribution in [2.45, 2.75) is 25.3 Å². The fraction of sp³-hybridized carbons (Fsp3) is 0.438. The molecule has 0 spiro atoms. The maximum atomic E-state index is 12.4. The van der Waals surface area contributed by atoms with Crippen LogP contribution in [0.3, 0.4) is 0 Å². The first-order valence-electron chi connectivity index (χ1n) is 7.67. The number of nitrogens with one attached hydrogen (secondary N) is 2. The molecule has 122 valence electrons. The van der Waals surface area contributed by atoms with E-state index in [0.717, 1.165) is 12.8 Å². The zero-order valence-electron chi connectivity index (χ0n) is 12.9. The number of amides is 4. The number of rotatable bonds is 6. The molecule has 1 aromatic rings. The van der Waals surface area contributed by atoms with Crippen LogP contribution in [0.15, 0.2) is 18.2 Å². The fourth-order valence-corrected chi connectivity index (χ4v) is 2.52. The molecule has 4 amide bonds. The number of hydrogen-bond acceptors (Lipinski definition) is 4. The van der Waals surface area contributed by atoms with E-state index in [-0.39, 0.29) is 23.9 Å². The van der Waals surface area contributed by atoms with Gasteiger partial charge in [0.15, 0.2) is 0 Å². The maximum Gasteiger partial charge on any atom is 0.319 e. The standard InChI is InChI=1S/C16H19N3O4/c1-23-8-2-7-19-14(20)12-6-5-11(9-13(12)15(19)21)18-16(22)17-10-3-4-10/h5-6,9-10H,2-4,7-8H2,1H3,(H2,17,18,22). The summed E-state index contributed by atoms with van der Waals surface area (Å²) in [6.45, 7) is 0.812. The van der Waals surface area contributed by atoms with Crippen molar-refractivity contribution in [3.8, 4) is 0 Å². The van der Waals surface area contributed by atoms with Crippen LogP contribution in [0, 0.1) is 0 Å². The molecule has 1 fully saturated rings. The molecule has 7 heteroatoms. The van der Waals surface area contributed by atoms with E-state index in [1.807, 2.05) is 0 Å². The Kier molecular flexibility index (Phi) is 4.29. The van der Waals surface area contributed by atoms with Crippen LogP contribution in [0.5, 0.6) is 0 Å². The topological polar surface area (TPSA) is 87.7 Å². The minimum atomic E-state index is -0.327. The number of anilines is 1. The second-order valence-electron chi connectivity index (χ2n) is 5.74. The molecule has 0 atom stereocenters. The largest absolute Gasteiger partial charge is 0.385 e. The maximum absolute atomic E-state index is 12.4. The lowest BCUT2D eigenvalue weighted by atomic mass is 10.1. The zero-order valence-corrected chi connectivity index (χ0v) is 12.9. The van der Waals surface area contributed by atoms with Crippen LogP contribution in [0.25, 0.3) is 0 Å². The molecule has 1 heterocycles. The van der Waals surface area contributed by atoms with Gasteiger partial charge in [0.05, 0.1) is 11.1 Å². The number of fused-ring (bicyclic) bond motifs is 1. The van der Waals surface area contributed by atoms with Crippen LogP contribution in [0.4, 0.5) is 10.5 Å². The number of benzene rings is 1. The Morgan fingerprint density at radius 3 is 2.70 bits per heavy atom. The Bertz CT molecular complexity index is 655. The van der Waals surface area contributed by atoms with Gasteiger partial charge in [-0.15, -0.1) is 0 Å². The molecule has 23 heavy (non-hydrogen) atoms. The van der Waals surface area contributed by atoms with Gasteiger partial charge in [-0.1, -0.05) is 0 Å². The molecule has 1 aromatic carbocycles. The van der Waals surface area contributed by atoms with Gasteiger partial charge >= 0.3 is 6.03 Å². The molecule has 7 nitrogen and oxygen atoms in total. The number of hydrogen-bond donors (Lipinski definition) is 2. The summed E-state index contributed by atoms with van der Waals surface area (Å²) in [5.41, 5.74) is 1.21. The molecule has 2 N–H and O–H groups in total. The Balaban J connectivity index is 1.69. The van der Waals surface area contributed by atoms with Gasteiger partial charge in [0.25, 0.3) is 11.8 Å². The van der Waals surface area contributed by atoms with E-state index in [1.54, 1.807) is 25.3 Å². The predicted octanol–water partition coefficient (Wildman–Crippen LogP) is 1.60. The Morgan fingerprint density at radius 1 is 1.26 bits per heavy atom. The number of carbonyl (C=O) groups is 3. The van der Waals surface area contributed by atoms with Crippen molar-refractivity contribution in [2.24, 2.45) is 0 Å².